The number of carbonyl (C=O) groups is 2. The van der Waals surface area contributed by atoms with Crippen LogP contribution in [0.5, 0.6) is 0 Å². The van der Waals surface area contributed by atoms with Crippen molar-refractivity contribution >= 4 is 32.2 Å². The molecule has 21 heavy (non-hydrogen) atoms. The smallest absolute Gasteiger partial charge is 0.323 e. The van der Waals surface area contributed by atoms with Crippen molar-refractivity contribution in [2.24, 2.45) is 5.73 Å². The predicted octanol–water partition coefficient (Wildman–Crippen LogP) is -2.43. The lowest BCUT2D eigenvalue weighted by Crippen LogP contribution is -2.36. The summed E-state index contributed by atoms with van der Waals surface area (Å²) >= 11 is 0. The van der Waals surface area contributed by atoms with Gasteiger partial charge in [0.15, 0.2) is 0 Å². The van der Waals surface area contributed by atoms with Gasteiger partial charge in [-0.15, -0.1) is 0 Å². The van der Waals surface area contributed by atoms with Gasteiger partial charge in [-0.2, -0.15) is 16.8 Å². The van der Waals surface area contributed by atoms with Crippen LogP contribution >= 0.6 is 0 Å². The maximum atomic E-state index is 11.2. The van der Waals surface area contributed by atoms with E-state index in [1.54, 1.807) is 0 Å². The molecule has 0 radical (unpaired) electrons. The lowest BCUT2D eigenvalue weighted by Gasteiger charge is -2.10. The Balaban J connectivity index is 4.03. The Morgan fingerprint density at radius 2 is 1.38 bits per heavy atom. The fraction of sp³-hybridized carbons (Fsp3) is 0.750. The molecule has 0 unspecified atom stereocenters. The molecule has 0 aromatic rings. The van der Waals surface area contributed by atoms with Crippen LogP contribution in [0, 0.1) is 0 Å². The van der Waals surface area contributed by atoms with Gasteiger partial charge in [-0.3, -0.25) is 18.7 Å². The molecule has 0 aliphatic heterocycles. The second kappa shape index (κ2) is 8.23. The first-order valence-corrected chi connectivity index (χ1v) is 8.61. The highest BCUT2D eigenvalue weighted by Gasteiger charge is 2.21. The molecule has 0 aliphatic rings. The zero-order chi connectivity index (χ0) is 16.7. The van der Waals surface area contributed by atoms with E-state index in [2.05, 4.69) is 9.47 Å². The van der Waals surface area contributed by atoms with Crippen LogP contribution in [0.4, 0.5) is 0 Å². The van der Waals surface area contributed by atoms with Crippen molar-refractivity contribution in [1.82, 2.24) is 0 Å². The van der Waals surface area contributed by atoms with Gasteiger partial charge in [-0.1, -0.05) is 0 Å². The number of hydrogen-bond acceptors (Lipinski definition) is 9. The van der Waals surface area contributed by atoms with Crippen molar-refractivity contribution in [3.8, 4) is 0 Å². The van der Waals surface area contributed by atoms with Crippen molar-refractivity contribution in [1.29, 1.82) is 0 Å². The van der Waals surface area contributed by atoms with E-state index >= 15 is 0 Å². The Bertz CT molecular complexity index is 566. The largest absolute Gasteiger partial charge is 0.464 e. The number of hydrogen-bond donors (Lipinski definition) is 3. The number of carbonyl (C=O) groups excluding carboxylic acids is 2. The van der Waals surface area contributed by atoms with Gasteiger partial charge < -0.3 is 15.2 Å². The molecule has 13 heteroatoms. The van der Waals surface area contributed by atoms with E-state index in [9.17, 15) is 26.4 Å². The molecule has 4 N–H and O–H groups in total. The van der Waals surface area contributed by atoms with Crippen LogP contribution in [-0.4, -0.2) is 68.6 Å². The standard InChI is InChI=1S/C8H15NO10S2/c9-6(8(11)19-2-4-21(15,16)17)5-7(10)18-1-3-20(12,13)14/h6H,1-5,9H2,(H,12,13,14)(H,15,16,17)/t6-/m0/s1. The third-order valence-electron chi connectivity index (χ3n) is 1.88. The summed E-state index contributed by atoms with van der Waals surface area (Å²) in [5.41, 5.74) is 5.27. The SMILES string of the molecule is N[C@@H](CC(=O)OCCS(=O)(=O)O)C(=O)OCCS(=O)(=O)O. The first-order chi connectivity index (χ1) is 9.41. The highest BCUT2D eigenvalue weighted by atomic mass is 32.2. The van der Waals surface area contributed by atoms with E-state index < -0.39 is 69.4 Å². The summed E-state index contributed by atoms with van der Waals surface area (Å²) in [6.07, 6.45) is -0.629. The maximum Gasteiger partial charge on any atom is 0.323 e. The van der Waals surface area contributed by atoms with Crippen LogP contribution in [0.1, 0.15) is 6.42 Å². The Kier molecular flexibility index (Phi) is 7.73. The highest BCUT2D eigenvalue weighted by Crippen LogP contribution is 1.97. The Labute approximate surface area is 120 Å². The topological polar surface area (TPSA) is 187 Å². The molecule has 0 fully saturated rings. The van der Waals surface area contributed by atoms with Gasteiger partial charge in [0.2, 0.25) is 0 Å². The van der Waals surface area contributed by atoms with Gasteiger partial charge in [0, 0.05) is 0 Å². The van der Waals surface area contributed by atoms with Gasteiger partial charge in [-0.25, -0.2) is 0 Å². The molecule has 0 saturated carbocycles. The molecule has 0 bridgehead atoms. The van der Waals surface area contributed by atoms with Crippen molar-refractivity contribution in [3.05, 3.63) is 0 Å². The predicted molar refractivity (Wildman–Crippen MR) is 67.3 cm³/mol. The molecular weight excluding hydrogens is 334 g/mol. The summed E-state index contributed by atoms with van der Waals surface area (Å²) < 4.78 is 66.9. The molecular formula is C8H15NO10S2. The number of esters is 2. The Hall–Kier alpha value is -1.28. The molecule has 0 spiro atoms. The lowest BCUT2D eigenvalue weighted by molar-refractivity contribution is -0.151. The molecule has 124 valence electrons. The van der Waals surface area contributed by atoms with E-state index in [4.69, 9.17) is 14.8 Å². The van der Waals surface area contributed by atoms with E-state index in [0.717, 1.165) is 0 Å². The molecule has 11 nitrogen and oxygen atoms in total. The minimum atomic E-state index is -4.28. The average Bonchev–Trinajstić information content (AvgIpc) is 2.24. The minimum Gasteiger partial charge on any atom is -0.464 e. The van der Waals surface area contributed by atoms with Crippen molar-refractivity contribution in [2.45, 2.75) is 12.5 Å². The van der Waals surface area contributed by atoms with E-state index in [-0.39, 0.29) is 0 Å². The zero-order valence-corrected chi connectivity index (χ0v) is 12.3. The second-order valence-electron chi connectivity index (χ2n) is 3.77. The summed E-state index contributed by atoms with van der Waals surface area (Å²) in [6, 6.07) is -1.44. The Morgan fingerprint density at radius 3 is 1.81 bits per heavy atom. The van der Waals surface area contributed by atoms with Crippen LogP contribution in [0.25, 0.3) is 0 Å². The first kappa shape index (κ1) is 19.7. The van der Waals surface area contributed by atoms with Crippen molar-refractivity contribution < 1.29 is 45.0 Å². The van der Waals surface area contributed by atoms with Gasteiger partial charge in [0.25, 0.3) is 20.2 Å². The number of nitrogens with two attached hydrogens (primary N) is 1. The number of ether oxygens (including phenoxy) is 2. The maximum absolute atomic E-state index is 11.2. The van der Waals surface area contributed by atoms with E-state index in [1.807, 2.05) is 0 Å². The third-order valence-corrected chi connectivity index (χ3v) is 3.24. The van der Waals surface area contributed by atoms with Crippen molar-refractivity contribution in [2.75, 3.05) is 24.7 Å². The molecule has 0 amide bonds. The van der Waals surface area contributed by atoms with E-state index in [0.29, 0.717) is 0 Å². The molecule has 0 aromatic heterocycles. The third kappa shape index (κ3) is 12.2. The molecule has 0 aromatic carbocycles. The van der Waals surface area contributed by atoms with Crippen LogP contribution < -0.4 is 5.73 Å². The summed E-state index contributed by atoms with van der Waals surface area (Å²) in [4.78, 5) is 22.4. The van der Waals surface area contributed by atoms with Crippen LogP contribution in [0.2, 0.25) is 0 Å². The summed E-state index contributed by atoms with van der Waals surface area (Å²) in [5, 5.41) is 0. The average molecular weight is 349 g/mol. The fourth-order valence-electron chi connectivity index (χ4n) is 0.937. The molecule has 0 aliphatic carbocycles. The van der Waals surface area contributed by atoms with Gasteiger partial charge in [-0.05, 0) is 0 Å². The monoisotopic (exact) mass is 349 g/mol. The van der Waals surface area contributed by atoms with Crippen LogP contribution in [0.15, 0.2) is 0 Å². The fourth-order valence-corrected chi connectivity index (χ4v) is 1.53. The van der Waals surface area contributed by atoms with E-state index in [1.165, 1.54) is 0 Å². The minimum absolute atomic E-state index is 0.609. The summed E-state index contributed by atoms with van der Waals surface area (Å²) in [7, 11) is -8.56. The molecule has 0 rings (SSSR count). The summed E-state index contributed by atoms with van der Waals surface area (Å²) in [5.74, 6) is -3.71. The quantitative estimate of drug-likeness (QED) is 0.296. The zero-order valence-electron chi connectivity index (χ0n) is 10.7. The van der Waals surface area contributed by atoms with Crippen LogP contribution in [0.3, 0.4) is 0 Å². The highest BCUT2D eigenvalue weighted by molar-refractivity contribution is 7.86. The van der Waals surface area contributed by atoms with Gasteiger partial charge in [0.05, 0.1) is 6.42 Å². The molecule has 1 atom stereocenters. The van der Waals surface area contributed by atoms with Gasteiger partial charge in [0.1, 0.15) is 30.8 Å². The lowest BCUT2D eigenvalue weighted by atomic mass is 10.2. The van der Waals surface area contributed by atoms with Gasteiger partial charge >= 0.3 is 11.9 Å². The normalized spacial score (nSPS) is 13.5. The van der Waals surface area contributed by atoms with Crippen molar-refractivity contribution in [3.63, 3.8) is 0 Å². The number of rotatable bonds is 9. The second-order valence-corrected chi connectivity index (χ2v) is 6.91. The first-order valence-electron chi connectivity index (χ1n) is 5.39. The summed E-state index contributed by atoms with van der Waals surface area (Å²) in [6.45, 7) is -1.24. The van der Waals surface area contributed by atoms with Crippen LogP contribution in [-0.2, 0) is 39.3 Å². The molecule has 0 saturated heterocycles. The Morgan fingerprint density at radius 1 is 0.952 bits per heavy atom. The molecule has 0 heterocycles.